The Morgan fingerprint density at radius 3 is 2.61 bits per heavy atom. The molecule has 0 spiro atoms. The Morgan fingerprint density at radius 2 is 1.83 bits per heavy atom. The summed E-state index contributed by atoms with van der Waals surface area (Å²) < 4.78 is 5.25. The molecule has 8 nitrogen and oxygen atoms in total. The molecule has 0 aliphatic carbocycles. The third-order valence-electron chi connectivity index (χ3n) is 6.22. The fourth-order valence-corrected chi connectivity index (χ4v) is 4.36. The van der Waals surface area contributed by atoms with Gasteiger partial charge < -0.3 is 20.3 Å². The first-order valence-corrected chi connectivity index (χ1v) is 11.9. The number of rotatable bonds is 8. The van der Waals surface area contributed by atoms with Crippen molar-refractivity contribution >= 4 is 23.4 Å². The van der Waals surface area contributed by atoms with Crippen molar-refractivity contribution in [2.24, 2.45) is 0 Å². The average Bonchev–Trinajstić information content (AvgIpc) is 3.27. The summed E-state index contributed by atoms with van der Waals surface area (Å²) in [5, 5.41) is 6.28. The van der Waals surface area contributed by atoms with Crippen LogP contribution in [-0.2, 0) is 19.5 Å². The maximum absolute atomic E-state index is 13.1. The Bertz CT molecular complexity index is 1340. The normalized spacial score (nSPS) is 14.3. The Kier molecular flexibility index (Phi) is 6.75. The first kappa shape index (κ1) is 23.3. The first-order chi connectivity index (χ1) is 17.6. The Labute approximate surface area is 210 Å². The van der Waals surface area contributed by atoms with Crippen molar-refractivity contribution in [3.05, 3.63) is 102 Å². The van der Waals surface area contributed by atoms with E-state index in [1.807, 2.05) is 54.6 Å². The van der Waals surface area contributed by atoms with Crippen LogP contribution in [0.5, 0.6) is 5.75 Å². The standard InChI is InChI=1S/C28H28N6O2/c1-19-15-21-7-3-4-9-25(21)34(19)28-32-18-24(27(35)31-17-22-8-5-6-14-29-22)26(33-28)30-16-20-10-12-23(36-2)13-11-20/h3-14,18-19H,15-17H2,1-2H3,(H,31,35)(H,30,32,33). The number of methoxy groups -OCH3 is 1. The zero-order valence-electron chi connectivity index (χ0n) is 20.3. The van der Waals surface area contributed by atoms with Gasteiger partial charge in [-0.2, -0.15) is 4.98 Å². The topological polar surface area (TPSA) is 92.3 Å². The molecule has 5 rings (SSSR count). The number of nitrogens with one attached hydrogen (secondary N) is 2. The minimum absolute atomic E-state index is 0.209. The highest BCUT2D eigenvalue weighted by Gasteiger charge is 2.29. The second kappa shape index (κ2) is 10.4. The molecule has 2 N–H and O–H groups in total. The summed E-state index contributed by atoms with van der Waals surface area (Å²) in [6.07, 6.45) is 4.22. The summed E-state index contributed by atoms with van der Waals surface area (Å²) in [5.74, 6) is 1.57. The van der Waals surface area contributed by atoms with E-state index in [4.69, 9.17) is 9.72 Å². The molecule has 0 saturated carbocycles. The smallest absolute Gasteiger partial charge is 0.256 e. The second-order valence-corrected chi connectivity index (χ2v) is 8.69. The van der Waals surface area contributed by atoms with E-state index in [1.165, 1.54) is 5.56 Å². The summed E-state index contributed by atoms with van der Waals surface area (Å²) in [6.45, 7) is 2.96. The number of ether oxygens (including phenoxy) is 1. The van der Waals surface area contributed by atoms with E-state index >= 15 is 0 Å². The number of anilines is 3. The molecule has 0 radical (unpaired) electrons. The first-order valence-electron chi connectivity index (χ1n) is 11.9. The number of hydrogen-bond acceptors (Lipinski definition) is 7. The fraction of sp³-hybridized carbons (Fsp3) is 0.214. The molecular formula is C28H28N6O2. The highest BCUT2D eigenvalue weighted by Crippen LogP contribution is 2.37. The van der Waals surface area contributed by atoms with Gasteiger partial charge in [0.05, 0.1) is 19.3 Å². The lowest BCUT2D eigenvalue weighted by atomic mass is 10.1. The number of pyridine rings is 1. The molecule has 0 saturated heterocycles. The molecule has 2 aromatic heterocycles. The number of carbonyl (C=O) groups is 1. The number of benzene rings is 2. The van der Waals surface area contributed by atoms with Gasteiger partial charge in [0.1, 0.15) is 17.1 Å². The maximum atomic E-state index is 13.1. The van der Waals surface area contributed by atoms with Gasteiger partial charge >= 0.3 is 0 Å². The summed E-state index contributed by atoms with van der Waals surface area (Å²) >= 11 is 0. The van der Waals surface area contributed by atoms with Crippen LogP contribution in [0.25, 0.3) is 0 Å². The molecule has 4 aromatic rings. The number of nitrogens with zero attached hydrogens (tertiary/aromatic N) is 4. The van der Waals surface area contributed by atoms with E-state index in [2.05, 4.69) is 44.6 Å². The van der Waals surface area contributed by atoms with E-state index in [0.717, 1.165) is 29.1 Å². The van der Waals surface area contributed by atoms with Crippen LogP contribution in [0, 0.1) is 0 Å². The van der Waals surface area contributed by atoms with Crippen molar-refractivity contribution in [2.75, 3.05) is 17.3 Å². The number of carbonyl (C=O) groups excluding carboxylic acids is 1. The molecule has 1 atom stereocenters. The summed E-state index contributed by atoms with van der Waals surface area (Å²) in [7, 11) is 1.64. The number of para-hydroxylation sites is 1. The SMILES string of the molecule is COc1ccc(CNc2nc(N3c4ccccc4CC3C)ncc2C(=O)NCc2ccccn2)cc1. The molecule has 1 unspecified atom stereocenters. The Hall–Kier alpha value is -4.46. The van der Waals surface area contributed by atoms with Crippen molar-refractivity contribution in [3.63, 3.8) is 0 Å². The highest BCUT2D eigenvalue weighted by atomic mass is 16.5. The minimum atomic E-state index is -0.265. The van der Waals surface area contributed by atoms with Crippen molar-refractivity contribution in [2.45, 2.75) is 32.5 Å². The van der Waals surface area contributed by atoms with Crippen LogP contribution in [0.1, 0.15) is 34.1 Å². The largest absolute Gasteiger partial charge is 0.497 e. The van der Waals surface area contributed by atoms with Gasteiger partial charge in [-0.25, -0.2) is 4.98 Å². The lowest BCUT2D eigenvalue weighted by Crippen LogP contribution is -2.28. The fourth-order valence-electron chi connectivity index (χ4n) is 4.36. The van der Waals surface area contributed by atoms with Gasteiger partial charge in [-0.1, -0.05) is 36.4 Å². The molecule has 182 valence electrons. The monoisotopic (exact) mass is 480 g/mol. The van der Waals surface area contributed by atoms with Crippen LogP contribution >= 0.6 is 0 Å². The lowest BCUT2D eigenvalue weighted by Gasteiger charge is -2.23. The van der Waals surface area contributed by atoms with Gasteiger partial charge in [0.2, 0.25) is 5.95 Å². The number of fused-ring (bicyclic) bond motifs is 1. The summed E-state index contributed by atoms with van der Waals surface area (Å²) in [5.41, 5.74) is 4.55. The average molecular weight is 481 g/mol. The van der Waals surface area contributed by atoms with Gasteiger partial charge in [0.25, 0.3) is 5.91 Å². The zero-order valence-corrected chi connectivity index (χ0v) is 20.3. The molecule has 1 aliphatic rings. The van der Waals surface area contributed by atoms with Gasteiger partial charge in [-0.15, -0.1) is 0 Å². The highest BCUT2D eigenvalue weighted by molar-refractivity contribution is 5.98. The molecule has 0 fully saturated rings. The predicted octanol–water partition coefficient (Wildman–Crippen LogP) is 4.51. The van der Waals surface area contributed by atoms with Crippen LogP contribution in [-0.4, -0.2) is 34.0 Å². The van der Waals surface area contributed by atoms with Crippen LogP contribution in [0.3, 0.4) is 0 Å². The molecular weight excluding hydrogens is 452 g/mol. The molecule has 36 heavy (non-hydrogen) atoms. The molecule has 1 amide bonds. The summed E-state index contributed by atoms with van der Waals surface area (Å²) in [6, 6.07) is 21.9. The van der Waals surface area contributed by atoms with Gasteiger partial charge in [-0.05, 0) is 54.8 Å². The van der Waals surface area contributed by atoms with E-state index in [1.54, 1.807) is 19.5 Å². The van der Waals surface area contributed by atoms with Crippen molar-refractivity contribution in [1.29, 1.82) is 0 Å². The number of aromatic nitrogens is 3. The van der Waals surface area contributed by atoms with Gasteiger partial charge in [-0.3, -0.25) is 9.78 Å². The quantitative estimate of drug-likeness (QED) is 0.383. The van der Waals surface area contributed by atoms with Crippen molar-refractivity contribution < 1.29 is 9.53 Å². The molecule has 2 aromatic carbocycles. The molecule has 0 bridgehead atoms. The van der Waals surface area contributed by atoms with E-state index in [0.29, 0.717) is 30.4 Å². The second-order valence-electron chi connectivity index (χ2n) is 8.69. The van der Waals surface area contributed by atoms with E-state index < -0.39 is 0 Å². The van der Waals surface area contributed by atoms with E-state index in [9.17, 15) is 4.79 Å². The van der Waals surface area contributed by atoms with Crippen molar-refractivity contribution in [1.82, 2.24) is 20.3 Å². The zero-order chi connectivity index (χ0) is 24.9. The van der Waals surface area contributed by atoms with Gasteiger partial charge in [0, 0.05) is 30.7 Å². The van der Waals surface area contributed by atoms with Gasteiger partial charge in [0.15, 0.2) is 0 Å². The van der Waals surface area contributed by atoms with Crippen molar-refractivity contribution in [3.8, 4) is 5.75 Å². The van der Waals surface area contributed by atoms with Crippen LogP contribution in [0.4, 0.5) is 17.5 Å². The third-order valence-corrected chi connectivity index (χ3v) is 6.22. The number of hydrogen-bond donors (Lipinski definition) is 2. The lowest BCUT2D eigenvalue weighted by molar-refractivity contribution is 0.0950. The van der Waals surface area contributed by atoms with Crippen LogP contribution in [0.15, 0.2) is 79.1 Å². The molecule has 1 aliphatic heterocycles. The third kappa shape index (κ3) is 4.98. The maximum Gasteiger partial charge on any atom is 0.256 e. The molecule has 8 heteroatoms. The minimum Gasteiger partial charge on any atom is -0.497 e. The summed E-state index contributed by atoms with van der Waals surface area (Å²) in [4.78, 5) is 29.0. The predicted molar refractivity (Wildman–Crippen MR) is 140 cm³/mol. The van der Waals surface area contributed by atoms with E-state index in [-0.39, 0.29) is 11.9 Å². The van der Waals surface area contributed by atoms with Crippen LogP contribution < -0.4 is 20.3 Å². The van der Waals surface area contributed by atoms with Crippen LogP contribution in [0.2, 0.25) is 0 Å². The number of amides is 1. The molecule has 3 heterocycles. The Morgan fingerprint density at radius 1 is 1.03 bits per heavy atom. The Balaban J connectivity index is 1.42.